The Labute approximate surface area is 149 Å². The van der Waals surface area contributed by atoms with Crippen molar-refractivity contribution < 1.29 is 19.2 Å². The third-order valence-corrected chi connectivity index (χ3v) is 4.61. The van der Waals surface area contributed by atoms with E-state index in [1.165, 1.54) is 0 Å². The average Bonchev–Trinajstić information content (AvgIpc) is 3.25. The molecule has 0 saturated heterocycles. The fourth-order valence-electron chi connectivity index (χ4n) is 2.95. The average molecular weight is 364 g/mol. The molecule has 1 aromatic heterocycles. The molecule has 0 unspecified atom stereocenters. The molecular weight excluding hydrogens is 346 g/mol. The first-order valence-electron chi connectivity index (χ1n) is 8.12. The third kappa shape index (κ3) is 4.36. The number of aromatic nitrogens is 2. The summed E-state index contributed by atoms with van der Waals surface area (Å²) in [5, 5.41) is 16.3. The number of carbonyl (C=O) groups is 2. The Morgan fingerprint density at radius 3 is 2.64 bits per heavy atom. The predicted octanol–water partition coefficient (Wildman–Crippen LogP) is 2.55. The summed E-state index contributed by atoms with van der Waals surface area (Å²) in [5.74, 6) is -0.669. The lowest BCUT2D eigenvalue weighted by molar-refractivity contribution is -0.141. The number of carbonyl (C=O) groups excluding carboxylic acids is 1. The Morgan fingerprint density at radius 1 is 1.24 bits per heavy atom. The van der Waals surface area contributed by atoms with Crippen LogP contribution in [-0.4, -0.2) is 33.7 Å². The van der Waals surface area contributed by atoms with Crippen molar-refractivity contribution >= 4 is 23.5 Å². The fourth-order valence-corrected chi connectivity index (χ4v) is 3.08. The summed E-state index contributed by atoms with van der Waals surface area (Å²) >= 11 is 5.85. The van der Waals surface area contributed by atoms with Crippen LogP contribution in [0.4, 0.5) is 0 Å². The Bertz CT molecular complexity index is 760. The molecule has 132 valence electrons. The normalized spacial score (nSPS) is 19.7. The van der Waals surface area contributed by atoms with E-state index < -0.39 is 11.9 Å². The van der Waals surface area contributed by atoms with Crippen LogP contribution in [0, 0.1) is 11.8 Å². The number of benzene rings is 1. The van der Waals surface area contributed by atoms with E-state index in [9.17, 15) is 9.59 Å². The van der Waals surface area contributed by atoms with Crippen LogP contribution in [0.2, 0.25) is 5.02 Å². The van der Waals surface area contributed by atoms with Gasteiger partial charge < -0.3 is 14.9 Å². The second-order valence-corrected chi connectivity index (χ2v) is 6.54. The van der Waals surface area contributed by atoms with E-state index in [1.807, 2.05) is 0 Å². The van der Waals surface area contributed by atoms with Gasteiger partial charge >= 0.3 is 5.97 Å². The molecule has 1 amide bonds. The first kappa shape index (κ1) is 17.4. The summed E-state index contributed by atoms with van der Waals surface area (Å²) in [4.78, 5) is 27.3. The maximum atomic E-state index is 12.1. The van der Waals surface area contributed by atoms with Crippen LogP contribution < -0.4 is 5.32 Å². The topological polar surface area (TPSA) is 105 Å². The maximum Gasteiger partial charge on any atom is 0.306 e. The minimum absolute atomic E-state index is 0.110. The van der Waals surface area contributed by atoms with Gasteiger partial charge in [-0.15, -0.1) is 0 Å². The van der Waals surface area contributed by atoms with E-state index in [1.54, 1.807) is 24.3 Å². The highest BCUT2D eigenvalue weighted by Gasteiger charge is 2.33. The summed E-state index contributed by atoms with van der Waals surface area (Å²) in [7, 11) is 0. The molecular formula is C17H18ClN3O4. The Hall–Kier alpha value is -2.41. The van der Waals surface area contributed by atoms with Crippen molar-refractivity contribution in [1.29, 1.82) is 0 Å². The van der Waals surface area contributed by atoms with Gasteiger partial charge in [0.25, 0.3) is 0 Å². The van der Waals surface area contributed by atoms with Crippen molar-refractivity contribution in [3.05, 3.63) is 35.2 Å². The summed E-state index contributed by atoms with van der Waals surface area (Å²) in [6, 6.07) is 7.10. The molecule has 1 aromatic carbocycles. The van der Waals surface area contributed by atoms with Crippen LogP contribution in [0.15, 0.2) is 28.8 Å². The lowest BCUT2D eigenvalue weighted by Gasteiger charge is -2.09. The largest absolute Gasteiger partial charge is 0.481 e. The van der Waals surface area contributed by atoms with Crippen LogP contribution in [0.25, 0.3) is 11.4 Å². The highest BCUT2D eigenvalue weighted by molar-refractivity contribution is 6.30. The quantitative estimate of drug-likeness (QED) is 0.817. The molecule has 2 aromatic rings. The molecule has 1 aliphatic carbocycles. The molecule has 25 heavy (non-hydrogen) atoms. The number of aliphatic carboxylic acids is 1. The first-order chi connectivity index (χ1) is 12.0. The van der Waals surface area contributed by atoms with Gasteiger partial charge in [0.05, 0.1) is 5.92 Å². The molecule has 1 heterocycles. The van der Waals surface area contributed by atoms with Crippen molar-refractivity contribution in [2.75, 3.05) is 6.54 Å². The molecule has 1 fully saturated rings. The van der Waals surface area contributed by atoms with Gasteiger partial charge in [-0.2, -0.15) is 4.98 Å². The molecule has 2 atom stereocenters. The Morgan fingerprint density at radius 2 is 1.96 bits per heavy atom. The summed E-state index contributed by atoms with van der Waals surface area (Å²) in [6.07, 6.45) is 2.00. The number of hydrogen-bond donors (Lipinski definition) is 2. The number of carboxylic acid groups (broad SMARTS) is 1. The van der Waals surface area contributed by atoms with Gasteiger partial charge in [-0.1, -0.05) is 16.8 Å². The van der Waals surface area contributed by atoms with Crippen molar-refractivity contribution in [1.82, 2.24) is 15.5 Å². The molecule has 0 spiro atoms. The fraction of sp³-hybridized carbons (Fsp3) is 0.412. The van der Waals surface area contributed by atoms with Gasteiger partial charge in [0, 0.05) is 29.5 Å². The smallest absolute Gasteiger partial charge is 0.306 e. The Balaban J connectivity index is 1.47. The Kier molecular flexibility index (Phi) is 5.33. The number of carboxylic acids is 1. The number of hydrogen-bond acceptors (Lipinski definition) is 5. The maximum absolute atomic E-state index is 12.1. The second-order valence-electron chi connectivity index (χ2n) is 6.10. The van der Waals surface area contributed by atoms with Gasteiger partial charge in [-0.3, -0.25) is 9.59 Å². The summed E-state index contributed by atoms with van der Waals surface area (Å²) in [6.45, 7) is 0.370. The first-order valence-corrected chi connectivity index (χ1v) is 8.50. The highest BCUT2D eigenvalue weighted by Crippen LogP contribution is 2.31. The summed E-state index contributed by atoms with van der Waals surface area (Å²) in [5.41, 5.74) is 0.800. The van der Waals surface area contributed by atoms with Gasteiger partial charge in [0.15, 0.2) is 0 Å². The zero-order valence-corrected chi connectivity index (χ0v) is 14.2. The third-order valence-electron chi connectivity index (χ3n) is 4.36. The minimum Gasteiger partial charge on any atom is -0.481 e. The van der Waals surface area contributed by atoms with E-state index in [4.69, 9.17) is 21.2 Å². The monoisotopic (exact) mass is 363 g/mol. The van der Waals surface area contributed by atoms with Crippen molar-refractivity contribution in [2.24, 2.45) is 11.8 Å². The van der Waals surface area contributed by atoms with Gasteiger partial charge in [0.2, 0.25) is 17.6 Å². The van der Waals surface area contributed by atoms with E-state index in [2.05, 4.69) is 15.5 Å². The molecule has 7 nitrogen and oxygen atoms in total. The number of amides is 1. The number of halogens is 1. The molecule has 1 saturated carbocycles. The van der Waals surface area contributed by atoms with Crippen molar-refractivity contribution in [3.63, 3.8) is 0 Å². The molecule has 8 heteroatoms. The van der Waals surface area contributed by atoms with E-state index in [-0.39, 0.29) is 11.8 Å². The van der Waals surface area contributed by atoms with Gasteiger partial charge in [-0.05, 0) is 43.5 Å². The van der Waals surface area contributed by atoms with E-state index in [0.717, 1.165) is 5.56 Å². The van der Waals surface area contributed by atoms with Crippen molar-refractivity contribution in [3.8, 4) is 11.4 Å². The lowest BCUT2D eigenvalue weighted by atomic mass is 10.0. The highest BCUT2D eigenvalue weighted by atomic mass is 35.5. The molecule has 0 bridgehead atoms. The van der Waals surface area contributed by atoms with Gasteiger partial charge in [-0.25, -0.2) is 0 Å². The molecule has 0 radical (unpaired) electrons. The lowest BCUT2D eigenvalue weighted by Crippen LogP contribution is -2.31. The van der Waals surface area contributed by atoms with E-state index in [0.29, 0.717) is 49.0 Å². The number of nitrogens with one attached hydrogen (secondary N) is 1. The molecule has 3 rings (SSSR count). The van der Waals surface area contributed by atoms with Crippen LogP contribution >= 0.6 is 11.6 Å². The van der Waals surface area contributed by atoms with Crippen LogP contribution in [-0.2, 0) is 16.0 Å². The zero-order valence-electron chi connectivity index (χ0n) is 13.4. The van der Waals surface area contributed by atoms with E-state index >= 15 is 0 Å². The number of nitrogens with zero attached hydrogens (tertiary/aromatic N) is 2. The molecule has 0 aliphatic heterocycles. The van der Waals surface area contributed by atoms with Crippen LogP contribution in [0.3, 0.4) is 0 Å². The minimum atomic E-state index is -0.823. The molecule has 1 aliphatic rings. The summed E-state index contributed by atoms with van der Waals surface area (Å²) < 4.78 is 5.18. The van der Waals surface area contributed by atoms with Crippen molar-refractivity contribution in [2.45, 2.75) is 25.7 Å². The zero-order chi connectivity index (χ0) is 17.8. The molecule has 2 N–H and O–H groups in total. The standard InChI is InChI=1S/C17H18ClN3O4/c18-13-5-3-10(4-6-13)15-20-14(25-21-15)7-8-19-16(22)11-1-2-12(9-11)17(23)24/h3-6,11-12H,1-2,7-9H2,(H,19,22)(H,23,24)/t11-,12+/m0/s1. The number of rotatable bonds is 6. The second kappa shape index (κ2) is 7.65. The van der Waals surface area contributed by atoms with Crippen LogP contribution in [0.1, 0.15) is 25.2 Å². The van der Waals surface area contributed by atoms with Crippen LogP contribution in [0.5, 0.6) is 0 Å². The SMILES string of the molecule is O=C(O)[C@@H]1CC[C@H](C(=O)NCCc2nc(-c3ccc(Cl)cc3)no2)C1. The van der Waals surface area contributed by atoms with Gasteiger partial charge in [0.1, 0.15) is 0 Å². The predicted molar refractivity (Wildman–Crippen MR) is 89.9 cm³/mol.